The Morgan fingerprint density at radius 3 is 2.72 bits per heavy atom. The molecule has 1 aliphatic rings. The zero-order chi connectivity index (χ0) is 22.7. The zero-order valence-corrected chi connectivity index (χ0v) is 16.5. The highest BCUT2D eigenvalue weighted by Crippen LogP contribution is 2.31. The summed E-state index contributed by atoms with van der Waals surface area (Å²) in [7, 11) is 0. The van der Waals surface area contributed by atoms with Crippen molar-refractivity contribution in [3.8, 4) is 29.0 Å². The molecule has 164 valence electrons. The highest BCUT2D eigenvalue weighted by Gasteiger charge is 2.30. The lowest BCUT2D eigenvalue weighted by atomic mass is 10.0. The van der Waals surface area contributed by atoms with Gasteiger partial charge in [-0.15, -0.1) is 0 Å². The molecule has 0 amide bonds. The topological polar surface area (TPSA) is 79.4 Å². The number of hydrogen-bond acceptors (Lipinski definition) is 5. The second kappa shape index (κ2) is 8.72. The highest BCUT2D eigenvalue weighted by molar-refractivity contribution is 5.65. The molecule has 0 saturated carbocycles. The molecule has 1 aromatic heterocycles. The van der Waals surface area contributed by atoms with Crippen LogP contribution in [0.1, 0.15) is 11.1 Å². The van der Waals surface area contributed by atoms with E-state index in [0.717, 1.165) is 17.7 Å². The lowest BCUT2D eigenvalue weighted by Crippen LogP contribution is -2.32. The predicted octanol–water partition coefficient (Wildman–Crippen LogP) is 4.31. The van der Waals surface area contributed by atoms with Crippen molar-refractivity contribution in [3.05, 3.63) is 76.0 Å². The molecule has 10 heteroatoms. The Kier molecular flexibility index (Phi) is 5.83. The van der Waals surface area contributed by atoms with Crippen molar-refractivity contribution in [1.29, 1.82) is 0 Å². The Labute approximate surface area is 180 Å². The molecule has 2 aromatic carbocycles. The van der Waals surface area contributed by atoms with Crippen molar-refractivity contribution >= 4 is 5.82 Å². The first-order valence-electron chi connectivity index (χ1n) is 9.52. The summed E-state index contributed by atoms with van der Waals surface area (Å²) in [5.74, 6) is 5.57. The lowest BCUT2D eigenvalue weighted by Gasteiger charge is -2.21. The number of nitrogens with zero attached hydrogens (tertiary/aromatic N) is 3. The van der Waals surface area contributed by atoms with E-state index in [1.165, 1.54) is 22.9 Å². The smallest absolute Gasteiger partial charge is 0.416 e. The van der Waals surface area contributed by atoms with Gasteiger partial charge in [-0.05, 0) is 40.3 Å². The summed E-state index contributed by atoms with van der Waals surface area (Å²) in [5, 5.41) is 10.8. The normalized spacial score (nSPS) is 15.3. The van der Waals surface area contributed by atoms with Gasteiger partial charge >= 0.3 is 18.0 Å². The number of fused-ring (bicyclic) bond motifs is 1. The molecule has 0 unspecified atom stereocenters. The van der Waals surface area contributed by atoms with Gasteiger partial charge in [0.1, 0.15) is 25.5 Å². The maximum absolute atomic E-state index is 12.7. The summed E-state index contributed by atoms with van der Waals surface area (Å²) < 4.78 is 50.8. The van der Waals surface area contributed by atoms with E-state index in [9.17, 15) is 23.3 Å². The highest BCUT2D eigenvalue weighted by atomic mass is 19.4. The van der Waals surface area contributed by atoms with Gasteiger partial charge in [-0.3, -0.25) is 4.57 Å². The van der Waals surface area contributed by atoms with Gasteiger partial charge in [0, 0.05) is 10.5 Å². The van der Waals surface area contributed by atoms with Gasteiger partial charge in [0.05, 0.1) is 12.1 Å². The number of hydrogen-bond donors (Lipinski definition) is 0. The molecule has 0 saturated heterocycles. The van der Waals surface area contributed by atoms with Gasteiger partial charge < -0.3 is 19.6 Å². The van der Waals surface area contributed by atoms with Gasteiger partial charge in [-0.2, -0.15) is 13.2 Å². The van der Waals surface area contributed by atoms with Crippen LogP contribution >= 0.6 is 0 Å². The fraction of sp³-hybridized carbons (Fsp3) is 0.227. The van der Waals surface area contributed by atoms with Crippen molar-refractivity contribution in [1.82, 2.24) is 9.55 Å². The standard InChI is InChI=1S/C22H16F3N3O4/c23-22(24,25)18-8-6-16(7-9-18)17-5-1-3-15(11-17)4-2-10-31-19-12-27-13-20(28(29)30)26-21(27)32-14-19/h1,3,5-9,11,13,19H,10,12,14H2/t19-/m0/s1. The van der Waals surface area contributed by atoms with E-state index in [1.807, 2.05) is 0 Å². The third kappa shape index (κ3) is 4.90. The van der Waals surface area contributed by atoms with Crippen molar-refractivity contribution in [2.45, 2.75) is 18.8 Å². The number of nitro groups is 1. The molecular weight excluding hydrogens is 427 g/mol. The van der Waals surface area contributed by atoms with Crippen molar-refractivity contribution in [2.75, 3.05) is 13.2 Å². The van der Waals surface area contributed by atoms with Crippen LogP contribution in [-0.2, 0) is 17.5 Å². The van der Waals surface area contributed by atoms with E-state index >= 15 is 0 Å². The second-order valence-electron chi connectivity index (χ2n) is 6.99. The van der Waals surface area contributed by atoms with E-state index in [2.05, 4.69) is 16.8 Å². The first-order valence-corrected chi connectivity index (χ1v) is 9.52. The molecule has 0 radical (unpaired) electrons. The van der Waals surface area contributed by atoms with Gasteiger partial charge in [0.15, 0.2) is 0 Å². The number of alkyl halides is 3. The van der Waals surface area contributed by atoms with Crippen LogP contribution < -0.4 is 4.74 Å². The Balaban J connectivity index is 1.36. The number of imidazole rings is 1. The van der Waals surface area contributed by atoms with E-state index in [1.54, 1.807) is 24.3 Å². The summed E-state index contributed by atoms with van der Waals surface area (Å²) >= 11 is 0. The van der Waals surface area contributed by atoms with Crippen LogP contribution in [0.2, 0.25) is 0 Å². The minimum atomic E-state index is -4.37. The van der Waals surface area contributed by atoms with Crippen LogP contribution in [0, 0.1) is 22.0 Å². The number of halogens is 3. The molecule has 1 aliphatic heterocycles. The van der Waals surface area contributed by atoms with Crippen molar-refractivity contribution in [2.24, 2.45) is 0 Å². The molecule has 32 heavy (non-hydrogen) atoms. The summed E-state index contributed by atoms with van der Waals surface area (Å²) in [4.78, 5) is 14.0. The number of rotatable bonds is 4. The number of ether oxygens (including phenoxy) is 2. The van der Waals surface area contributed by atoms with Gasteiger partial charge in [0.2, 0.25) is 0 Å². The van der Waals surface area contributed by atoms with Crippen LogP contribution in [0.15, 0.2) is 54.7 Å². The van der Waals surface area contributed by atoms with Crippen LogP contribution in [0.25, 0.3) is 11.1 Å². The van der Waals surface area contributed by atoms with Crippen LogP contribution in [-0.4, -0.2) is 33.8 Å². The Morgan fingerprint density at radius 1 is 1.22 bits per heavy atom. The number of benzene rings is 2. The minimum absolute atomic E-state index is 0.116. The third-order valence-electron chi connectivity index (χ3n) is 4.74. The molecule has 0 spiro atoms. The maximum Gasteiger partial charge on any atom is 0.416 e. The fourth-order valence-electron chi connectivity index (χ4n) is 3.19. The molecule has 0 aliphatic carbocycles. The third-order valence-corrected chi connectivity index (χ3v) is 4.74. The quantitative estimate of drug-likeness (QED) is 0.341. The summed E-state index contributed by atoms with van der Waals surface area (Å²) in [6.07, 6.45) is -3.41. The van der Waals surface area contributed by atoms with Crippen LogP contribution in [0.4, 0.5) is 19.0 Å². The molecule has 1 atom stereocenters. The van der Waals surface area contributed by atoms with Gasteiger partial charge in [0.25, 0.3) is 0 Å². The first kappa shape index (κ1) is 21.4. The average Bonchev–Trinajstić information content (AvgIpc) is 3.20. The fourth-order valence-corrected chi connectivity index (χ4v) is 3.19. The van der Waals surface area contributed by atoms with E-state index < -0.39 is 16.7 Å². The molecule has 3 aromatic rings. The molecule has 2 heterocycles. The van der Waals surface area contributed by atoms with Crippen molar-refractivity contribution in [3.63, 3.8) is 0 Å². The monoisotopic (exact) mass is 443 g/mol. The van der Waals surface area contributed by atoms with Gasteiger partial charge in [-0.25, -0.2) is 0 Å². The lowest BCUT2D eigenvalue weighted by molar-refractivity contribution is -0.389. The zero-order valence-electron chi connectivity index (χ0n) is 16.5. The average molecular weight is 443 g/mol. The maximum atomic E-state index is 12.7. The Bertz CT molecular complexity index is 1190. The molecule has 7 nitrogen and oxygen atoms in total. The van der Waals surface area contributed by atoms with Gasteiger partial charge in [-0.1, -0.05) is 36.1 Å². The summed E-state index contributed by atoms with van der Waals surface area (Å²) in [6.45, 7) is 0.686. The molecule has 4 rings (SSSR count). The summed E-state index contributed by atoms with van der Waals surface area (Å²) in [6, 6.07) is 12.3. The SMILES string of the molecule is O=[N+]([O-])c1cn2c(n1)OC[C@@H](OCC#Cc1cccc(-c3ccc(C(F)(F)F)cc3)c1)C2. The van der Waals surface area contributed by atoms with Crippen LogP contribution in [0.3, 0.4) is 0 Å². The minimum Gasteiger partial charge on any atom is -0.443 e. The largest absolute Gasteiger partial charge is 0.443 e. The molecular formula is C22H16F3N3O4. The first-order chi connectivity index (χ1) is 15.3. The summed E-state index contributed by atoms with van der Waals surface area (Å²) in [5.41, 5.74) is 1.40. The van der Waals surface area contributed by atoms with Crippen molar-refractivity contribution < 1.29 is 27.6 Å². The second-order valence-corrected chi connectivity index (χ2v) is 6.99. The Morgan fingerprint density at radius 2 is 2.00 bits per heavy atom. The Hall–Kier alpha value is -3.84. The van der Waals surface area contributed by atoms with E-state index in [-0.39, 0.29) is 31.1 Å². The molecule has 0 fully saturated rings. The predicted molar refractivity (Wildman–Crippen MR) is 108 cm³/mol. The molecule has 0 bridgehead atoms. The number of aromatic nitrogens is 2. The molecule has 0 N–H and O–H groups in total. The van der Waals surface area contributed by atoms with E-state index in [4.69, 9.17) is 9.47 Å². The van der Waals surface area contributed by atoms with E-state index in [0.29, 0.717) is 17.7 Å². The van der Waals surface area contributed by atoms with Crippen LogP contribution in [0.5, 0.6) is 6.01 Å².